The number of ether oxygens (including phenoxy) is 2. The van der Waals surface area contributed by atoms with Crippen LogP contribution in [0.1, 0.15) is 49.4 Å². The van der Waals surface area contributed by atoms with Gasteiger partial charge in [0.25, 0.3) is 0 Å². The number of benzene rings is 1. The minimum absolute atomic E-state index is 0.0390. The van der Waals surface area contributed by atoms with E-state index in [1.165, 1.54) is 6.42 Å². The molecule has 0 radical (unpaired) electrons. The van der Waals surface area contributed by atoms with E-state index in [-0.39, 0.29) is 12.1 Å². The highest BCUT2D eigenvalue weighted by atomic mass is 16.5. The first-order valence-corrected chi connectivity index (χ1v) is 6.94. The molecule has 0 atom stereocenters. The normalized spacial score (nSPS) is 16.1. The molecular weight excluding hydrogens is 242 g/mol. The van der Waals surface area contributed by atoms with Crippen LogP contribution in [0, 0.1) is 0 Å². The van der Waals surface area contributed by atoms with Crippen LogP contribution in [-0.2, 0) is 4.74 Å². The van der Waals surface area contributed by atoms with E-state index in [9.17, 15) is 4.79 Å². The molecule has 1 saturated carbocycles. The number of rotatable bonds is 4. The van der Waals surface area contributed by atoms with Gasteiger partial charge in [0, 0.05) is 5.69 Å². The Hall–Kier alpha value is -1.71. The number of nitrogens with two attached hydrogens (primary N) is 1. The van der Waals surface area contributed by atoms with Gasteiger partial charge in [-0.05, 0) is 50.8 Å². The van der Waals surface area contributed by atoms with E-state index in [0.717, 1.165) is 25.7 Å². The molecule has 0 aliphatic heterocycles. The van der Waals surface area contributed by atoms with Crippen molar-refractivity contribution in [1.29, 1.82) is 0 Å². The van der Waals surface area contributed by atoms with Crippen molar-refractivity contribution in [2.75, 3.05) is 12.3 Å². The van der Waals surface area contributed by atoms with Crippen LogP contribution < -0.4 is 10.5 Å². The van der Waals surface area contributed by atoms with Gasteiger partial charge in [-0.25, -0.2) is 4.79 Å². The first kappa shape index (κ1) is 13.7. The lowest BCUT2D eigenvalue weighted by Gasteiger charge is -2.22. The van der Waals surface area contributed by atoms with E-state index in [1.54, 1.807) is 18.2 Å². The van der Waals surface area contributed by atoms with Crippen LogP contribution >= 0.6 is 0 Å². The van der Waals surface area contributed by atoms with Gasteiger partial charge in [-0.2, -0.15) is 0 Å². The molecule has 0 heterocycles. The van der Waals surface area contributed by atoms with Gasteiger partial charge in [-0.3, -0.25) is 0 Å². The third-order valence-corrected chi connectivity index (χ3v) is 3.35. The van der Waals surface area contributed by atoms with E-state index in [0.29, 0.717) is 23.6 Å². The molecule has 1 aliphatic carbocycles. The molecule has 0 bridgehead atoms. The molecule has 4 heteroatoms. The molecule has 4 nitrogen and oxygen atoms in total. The van der Waals surface area contributed by atoms with E-state index in [2.05, 4.69) is 0 Å². The maximum Gasteiger partial charge on any atom is 0.342 e. The van der Waals surface area contributed by atoms with Gasteiger partial charge in [-0.1, -0.05) is 6.42 Å². The molecule has 1 aromatic carbocycles. The number of carbonyl (C=O) groups excluding carboxylic acids is 1. The average Bonchev–Trinajstić information content (AvgIpc) is 2.42. The van der Waals surface area contributed by atoms with Gasteiger partial charge in [0.15, 0.2) is 0 Å². The lowest BCUT2D eigenvalue weighted by molar-refractivity contribution is 0.0207. The minimum Gasteiger partial charge on any atom is -0.493 e. The molecule has 19 heavy (non-hydrogen) atoms. The van der Waals surface area contributed by atoms with Crippen molar-refractivity contribution in [3.63, 3.8) is 0 Å². The van der Waals surface area contributed by atoms with Crippen molar-refractivity contribution in [3.05, 3.63) is 23.8 Å². The topological polar surface area (TPSA) is 61.5 Å². The Balaban J connectivity index is 2.10. The number of esters is 1. The van der Waals surface area contributed by atoms with Crippen molar-refractivity contribution < 1.29 is 14.3 Å². The number of carbonyl (C=O) groups is 1. The summed E-state index contributed by atoms with van der Waals surface area (Å²) in [6.45, 7) is 2.39. The maximum atomic E-state index is 12.2. The summed E-state index contributed by atoms with van der Waals surface area (Å²) in [5.41, 5.74) is 6.70. The minimum atomic E-state index is -0.331. The quantitative estimate of drug-likeness (QED) is 0.669. The zero-order chi connectivity index (χ0) is 13.7. The van der Waals surface area contributed by atoms with Crippen molar-refractivity contribution in [3.8, 4) is 5.75 Å². The van der Waals surface area contributed by atoms with Crippen molar-refractivity contribution >= 4 is 11.7 Å². The highest BCUT2D eigenvalue weighted by molar-refractivity contribution is 5.93. The van der Waals surface area contributed by atoms with Gasteiger partial charge in [0.2, 0.25) is 0 Å². The number of hydrogen-bond acceptors (Lipinski definition) is 4. The molecule has 0 amide bonds. The number of nitrogen functional groups attached to an aromatic ring is 1. The highest BCUT2D eigenvalue weighted by Gasteiger charge is 2.21. The fourth-order valence-electron chi connectivity index (χ4n) is 2.39. The summed E-state index contributed by atoms with van der Waals surface area (Å²) in [5, 5.41) is 0. The molecule has 2 N–H and O–H groups in total. The SMILES string of the molecule is CCOc1ccc(N)cc1C(=O)OC1CCCCC1. The Bertz CT molecular complexity index is 439. The monoisotopic (exact) mass is 263 g/mol. The van der Waals surface area contributed by atoms with E-state index in [1.807, 2.05) is 6.92 Å². The van der Waals surface area contributed by atoms with Gasteiger partial charge >= 0.3 is 5.97 Å². The largest absolute Gasteiger partial charge is 0.493 e. The first-order chi connectivity index (χ1) is 9.20. The number of hydrogen-bond donors (Lipinski definition) is 1. The molecular formula is C15H21NO3. The summed E-state index contributed by atoms with van der Waals surface area (Å²) in [6.07, 6.45) is 5.45. The van der Waals surface area contributed by atoms with E-state index >= 15 is 0 Å². The lowest BCUT2D eigenvalue weighted by atomic mass is 9.98. The standard InChI is InChI=1S/C15H21NO3/c1-2-18-14-9-8-11(16)10-13(14)15(17)19-12-6-4-3-5-7-12/h8-10,12H,2-7,16H2,1H3. The Morgan fingerprint density at radius 1 is 1.32 bits per heavy atom. The lowest BCUT2D eigenvalue weighted by Crippen LogP contribution is -2.21. The van der Waals surface area contributed by atoms with Crippen molar-refractivity contribution in [2.45, 2.75) is 45.1 Å². The molecule has 1 aliphatic rings. The second kappa shape index (κ2) is 6.45. The molecule has 1 aromatic rings. The molecule has 0 saturated heterocycles. The highest BCUT2D eigenvalue weighted by Crippen LogP contribution is 2.26. The van der Waals surface area contributed by atoms with Crippen LogP contribution in [0.3, 0.4) is 0 Å². The predicted octanol–water partition coefficient (Wildman–Crippen LogP) is 3.16. The average molecular weight is 263 g/mol. The summed E-state index contributed by atoms with van der Waals surface area (Å²) >= 11 is 0. The Morgan fingerprint density at radius 3 is 2.74 bits per heavy atom. The molecule has 2 rings (SSSR count). The Kier molecular flexibility index (Phi) is 4.66. The number of anilines is 1. The van der Waals surface area contributed by atoms with Crippen molar-refractivity contribution in [1.82, 2.24) is 0 Å². The van der Waals surface area contributed by atoms with Crippen LogP contribution in [-0.4, -0.2) is 18.7 Å². The van der Waals surface area contributed by atoms with Gasteiger partial charge in [-0.15, -0.1) is 0 Å². The smallest absolute Gasteiger partial charge is 0.342 e. The third-order valence-electron chi connectivity index (χ3n) is 3.35. The third kappa shape index (κ3) is 3.63. The van der Waals surface area contributed by atoms with Crippen LogP contribution in [0.4, 0.5) is 5.69 Å². The first-order valence-electron chi connectivity index (χ1n) is 6.94. The van der Waals surface area contributed by atoms with Crippen LogP contribution in [0.25, 0.3) is 0 Å². The Morgan fingerprint density at radius 2 is 2.05 bits per heavy atom. The molecule has 104 valence electrons. The molecule has 0 spiro atoms. The van der Waals surface area contributed by atoms with Crippen molar-refractivity contribution in [2.24, 2.45) is 0 Å². The summed E-state index contributed by atoms with van der Waals surface area (Å²) in [5.74, 6) is 0.208. The molecule has 0 aromatic heterocycles. The maximum absolute atomic E-state index is 12.2. The van der Waals surface area contributed by atoms with E-state index in [4.69, 9.17) is 15.2 Å². The molecule has 0 unspecified atom stereocenters. The second-order valence-corrected chi connectivity index (χ2v) is 4.85. The zero-order valence-electron chi connectivity index (χ0n) is 11.4. The summed E-state index contributed by atoms with van der Waals surface area (Å²) in [6, 6.07) is 5.06. The fraction of sp³-hybridized carbons (Fsp3) is 0.533. The van der Waals surface area contributed by atoms with Crippen LogP contribution in [0.2, 0.25) is 0 Å². The molecule has 1 fully saturated rings. The van der Waals surface area contributed by atoms with Gasteiger partial charge < -0.3 is 15.2 Å². The summed E-state index contributed by atoms with van der Waals surface area (Å²) in [4.78, 5) is 12.2. The van der Waals surface area contributed by atoms with Crippen LogP contribution in [0.15, 0.2) is 18.2 Å². The summed E-state index contributed by atoms with van der Waals surface area (Å²) < 4.78 is 11.0. The fourth-order valence-corrected chi connectivity index (χ4v) is 2.39. The van der Waals surface area contributed by atoms with E-state index < -0.39 is 0 Å². The summed E-state index contributed by atoms with van der Waals surface area (Å²) in [7, 11) is 0. The van der Waals surface area contributed by atoms with Gasteiger partial charge in [0.05, 0.1) is 6.61 Å². The Labute approximate surface area is 113 Å². The second-order valence-electron chi connectivity index (χ2n) is 4.85. The van der Waals surface area contributed by atoms with Gasteiger partial charge in [0.1, 0.15) is 17.4 Å². The predicted molar refractivity (Wildman–Crippen MR) is 74.3 cm³/mol. The zero-order valence-corrected chi connectivity index (χ0v) is 11.4. The van der Waals surface area contributed by atoms with Crippen LogP contribution in [0.5, 0.6) is 5.75 Å².